The first-order valence-corrected chi connectivity index (χ1v) is 16.5. The first-order valence-electron chi connectivity index (χ1n) is 15.7. The highest BCUT2D eigenvalue weighted by atomic mass is 32.1. The molecule has 1 N–H and O–H groups in total. The number of pyridine rings is 1. The summed E-state index contributed by atoms with van der Waals surface area (Å²) in [6.45, 7) is 10.1. The van der Waals surface area contributed by atoms with Crippen LogP contribution in [0.15, 0.2) is 54.7 Å². The van der Waals surface area contributed by atoms with Crippen molar-refractivity contribution >= 4 is 39.2 Å². The Hall–Kier alpha value is -4.22. The fourth-order valence-electron chi connectivity index (χ4n) is 5.50. The molecule has 1 unspecified atom stereocenters. The average molecular weight is 664 g/mol. The number of aromatic nitrogens is 1. The van der Waals surface area contributed by atoms with Crippen LogP contribution in [0.2, 0.25) is 0 Å². The van der Waals surface area contributed by atoms with Gasteiger partial charge in [-0.1, -0.05) is 23.8 Å². The molecular formula is C36H39F2N3O5S. The molecule has 1 aliphatic rings. The number of halogens is 2. The average Bonchev–Trinajstić information content (AvgIpc) is 3.66. The van der Waals surface area contributed by atoms with Gasteiger partial charge in [0.2, 0.25) is 0 Å². The molecule has 8 nitrogen and oxygen atoms in total. The number of fused-ring (bicyclic) bond motifs is 1. The Morgan fingerprint density at radius 1 is 1.02 bits per heavy atom. The van der Waals surface area contributed by atoms with E-state index < -0.39 is 17.2 Å². The molecule has 0 spiro atoms. The van der Waals surface area contributed by atoms with Crippen LogP contribution >= 0.6 is 11.3 Å². The van der Waals surface area contributed by atoms with Gasteiger partial charge in [0.1, 0.15) is 34.5 Å². The number of thiophene rings is 1. The van der Waals surface area contributed by atoms with Crippen molar-refractivity contribution in [2.45, 2.75) is 59.0 Å². The zero-order chi connectivity index (χ0) is 33.7. The molecule has 0 saturated carbocycles. The summed E-state index contributed by atoms with van der Waals surface area (Å²) in [4.78, 5) is 44.9. The molecule has 0 radical (unpaired) electrons. The van der Waals surface area contributed by atoms with Gasteiger partial charge < -0.3 is 19.7 Å². The number of carbonyl (C=O) groups excluding carboxylic acids is 3. The molecule has 4 aromatic rings. The van der Waals surface area contributed by atoms with Crippen molar-refractivity contribution < 1.29 is 32.6 Å². The molecule has 1 fully saturated rings. The lowest BCUT2D eigenvalue weighted by Gasteiger charge is -2.22. The van der Waals surface area contributed by atoms with Crippen molar-refractivity contribution in [3.05, 3.63) is 87.9 Å². The van der Waals surface area contributed by atoms with Gasteiger partial charge in [0.25, 0.3) is 5.91 Å². The van der Waals surface area contributed by atoms with E-state index in [1.54, 1.807) is 36.5 Å². The van der Waals surface area contributed by atoms with Gasteiger partial charge in [-0.15, -0.1) is 11.3 Å². The van der Waals surface area contributed by atoms with Crippen LogP contribution in [0.4, 0.5) is 8.78 Å². The van der Waals surface area contributed by atoms with E-state index in [1.807, 2.05) is 27.7 Å². The van der Waals surface area contributed by atoms with E-state index in [9.17, 15) is 23.2 Å². The second kappa shape index (κ2) is 14.7. The third kappa shape index (κ3) is 9.20. The van der Waals surface area contributed by atoms with E-state index in [0.717, 1.165) is 31.5 Å². The van der Waals surface area contributed by atoms with Gasteiger partial charge in [-0.05, 0) is 83.0 Å². The number of likely N-dealkylation sites (tertiary alicyclic amines) is 1. The van der Waals surface area contributed by atoms with E-state index in [-0.39, 0.29) is 53.3 Å². The molecule has 5 rings (SSSR count). The molecule has 0 aliphatic carbocycles. The van der Waals surface area contributed by atoms with E-state index >= 15 is 0 Å². The molecule has 0 bridgehead atoms. The van der Waals surface area contributed by atoms with Crippen LogP contribution in [0.25, 0.3) is 10.2 Å². The summed E-state index contributed by atoms with van der Waals surface area (Å²) < 4.78 is 41.2. The number of ether oxygens (including phenoxy) is 2. The second-order valence-electron chi connectivity index (χ2n) is 12.9. The van der Waals surface area contributed by atoms with Crippen molar-refractivity contribution in [1.82, 2.24) is 15.2 Å². The van der Waals surface area contributed by atoms with Gasteiger partial charge in [0.05, 0.1) is 21.0 Å². The molecule has 1 amide bonds. The lowest BCUT2D eigenvalue weighted by molar-refractivity contribution is -0.159. The monoisotopic (exact) mass is 663 g/mol. The minimum absolute atomic E-state index is 0.119. The van der Waals surface area contributed by atoms with Crippen LogP contribution in [0.1, 0.15) is 60.0 Å². The number of nitrogens with zero attached hydrogens (tertiary/aromatic N) is 2. The second-order valence-corrected chi connectivity index (χ2v) is 14.0. The van der Waals surface area contributed by atoms with Crippen molar-refractivity contribution in [3.63, 3.8) is 0 Å². The molecule has 2 aromatic heterocycles. The molecule has 1 atom stereocenters. The highest BCUT2D eigenvalue weighted by Gasteiger charge is 2.31. The fraction of sp³-hybridized carbons (Fsp3) is 0.389. The quantitative estimate of drug-likeness (QED) is 0.131. The molecule has 248 valence electrons. The van der Waals surface area contributed by atoms with E-state index in [1.165, 1.54) is 29.5 Å². The minimum atomic E-state index is -0.605. The predicted octanol–water partition coefficient (Wildman–Crippen LogP) is 6.81. The number of Topliss-reactive ketones (excluding diaryl/α,β-unsaturated/α-hetero) is 1. The zero-order valence-corrected chi connectivity index (χ0v) is 27.8. The van der Waals surface area contributed by atoms with Gasteiger partial charge in [0.15, 0.2) is 0 Å². The number of hydrogen-bond acceptors (Lipinski definition) is 8. The van der Waals surface area contributed by atoms with Crippen molar-refractivity contribution in [2.24, 2.45) is 5.92 Å². The molecule has 3 heterocycles. The SMILES string of the molecule is Cc1ccc(F)c(CC(=O)Cc2ccc(Oc3ccnc4cc(C(=O)NCCCN5CCC(C(=O)OC(C)(C)C)C5)sc34)cc2F)c1. The fourth-order valence-corrected chi connectivity index (χ4v) is 6.48. The summed E-state index contributed by atoms with van der Waals surface area (Å²) in [6.07, 6.45) is 2.77. The van der Waals surface area contributed by atoms with E-state index in [0.29, 0.717) is 33.9 Å². The lowest BCUT2D eigenvalue weighted by atomic mass is 10.0. The van der Waals surface area contributed by atoms with Gasteiger partial charge >= 0.3 is 5.97 Å². The largest absolute Gasteiger partial charge is 0.460 e. The Kier molecular flexibility index (Phi) is 10.7. The van der Waals surface area contributed by atoms with E-state index in [2.05, 4.69) is 15.2 Å². The van der Waals surface area contributed by atoms with Crippen molar-refractivity contribution in [3.8, 4) is 11.5 Å². The Balaban J connectivity index is 1.13. The Morgan fingerprint density at radius 3 is 2.57 bits per heavy atom. The maximum Gasteiger partial charge on any atom is 0.310 e. The summed E-state index contributed by atoms with van der Waals surface area (Å²) in [6, 6.07) is 12.2. The minimum Gasteiger partial charge on any atom is -0.460 e. The Morgan fingerprint density at radius 2 is 1.81 bits per heavy atom. The van der Waals surface area contributed by atoms with Gasteiger partial charge in [-0.3, -0.25) is 19.4 Å². The van der Waals surface area contributed by atoms with E-state index in [4.69, 9.17) is 9.47 Å². The van der Waals surface area contributed by atoms with Gasteiger partial charge in [-0.2, -0.15) is 0 Å². The number of ketones is 1. The van der Waals surface area contributed by atoms with Crippen LogP contribution < -0.4 is 10.1 Å². The molecule has 11 heteroatoms. The smallest absolute Gasteiger partial charge is 0.310 e. The lowest BCUT2D eigenvalue weighted by Crippen LogP contribution is -2.32. The Labute approximate surface area is 277 Å². The topological polar surface area (TPSA) is 97.8 Å². The number of benzene rings is 2. The van der Waals surface area contributed by atoms with Crippen molar-refractivity contribution in [1.29, 1.82) is 0 Å². The summed E-state index contributed by atoms with van der Waals surface area (Å²) in [5, 5.41) is 2.95. The van der Waals surface area contributed by atoms with Crippen LogP contribution in [0.5, 0.6) is 11.5 Å². The number of hydrogen-bond donors (Lipinski definition) is 1. The standard InChI is InChI=1S/C36H39F2N3O5S/c1-22-6-9-28(37)25(16-22)18-26(42)17-23-7-8-27(19-29(23)38)45-31-10-13-39-30-20-32(47-33(30)31)34(43)40-12-5-14-41-15-11-24(21-41)35(44)46-36(2,3)4/h6-10,13,16,19-20,24H,5,11-12,14-15,17-18,21H2,1-4H3,(H,40,43). The molecule has 1 saturated heterocycles. The number of rotatable bonds is 12. The first kappa shape index (κ1) is 34.1. The maximum absolute atomic E-state index is 15.0. The first-order chi connectivity index (χ1) is 22.3. The third-order valence-electron chi connectivity index (χ3n) is 7.78. The summed E-state index contributed by atoms with van der Waals surface area (Å²) in [5.41, 5.74) is 1.41. The highest BCUT2D eigenvalue weighted by molar-refractivity contribution is 7.21. The van der Waals surface area contributed by atoms with Gasteiger partial charge in [0, 0.05) is 44.3 Å². The summed E-state index contributed by atoms with van der Waals surface area (Å²) >= 11 is 1.23. The summed E-state index contributed by atoms with van der Waals surface area (Å²) in [5.74, 6) is -1.21. The molecule has 2 aromatic carbocycles. The highest BCUT2D eigenvalue weighted by Crippen LogP contribution is 2.35. The number of amides is 1. The van der Waals surface area contributed by atoms with Gasteiger partial charge in [-0.25, -0.2) is 8.78 Å². The Bertz CT molecular complexity index is 1780. The molecule has 1 aliphatic heterocycles. The molecule has 47 heavy (non-hydrogen) atoms. The number of aryl methyl sites for hydroxylation is 1. The van der Waals surface area contributed by atoms with Crippen LogP contribution in [0.3, 0.4) is 0 Å². The number of esters is 1. The van der Waals surface area contributed by atoms with Crippen LogP contribution in [0, 0.1) is 24.5 Å². The number of nitrogens with one attached hydrogen (secondary N) is 1. The number of carbonyl (C=O) groups is 3. The predicted molar refractivity (Wildman–Crippen MR) is 177 cm³/mol. The third-order valence-corrected chi connectivity index (χ3v) is 8.92. The van der Waals surface area contributed by atoms with Crippen molar-refractivity contribution in [2.75, 3.05) is 26.2 Å². The maximum atomic E-state index is 15.0. The summed E-state index contributed by atoms with van der Waals surface area (Å²) in [7, 11) is 0. The van der Waals surface area contributed by atoms with Crippen LogP contribution in [-0.2, 0) is 27.2 Å². The molecular weight excluding hydrogens is 624 g/mol. The normalized spacial score (nSPS) is 15.1. The zero-order valence-electron chi connectivity index (χ0n) is 27.0. The van der Waals surface area contributed by atoms with Crippen LogP contribution in [-0.4, -0.2) is 59.3 Å².